The van der Waals surface area contributed by atoms with Crippen LogP contribution in [-0.2, 0) is 0 Å². The van der Waals surface area contributed by atoms with E-state index in [1.165, 1.54) is 76.3 Å². The Labute approximate surface area is 115 Å². The van der Waals surface area contributed by atoms with Crippen LogP contribution in [-0.4, -0.2) is 65.2 Å². The van der Waals surface area contributed by atoms with E-state index in [1.807, 2.05) is 0 Å². The monoisotopic (exact) mass is 307 g/mol. The van der Waals surface area contributed by atoms with Crippen LogP contribution in [0.3, 0.4) is 0 Å². The standard InChI is InChI=1S/C8H29N3Si5/c12-10(13)16-11(14)15-9-7-6-8-4-2-1-3-5-8/h8-9H,1-7,15-16H2,12-14H3. The van der Waals surface area contributed by atoms with E-state index in [2.05, 4.69) is 12.8 Å². The molecule has 0 spiro atoms. The van der Waals surface area contributed by atoms with Crippen LogP contribution >= 0.6 is 0 Å². The number of rotatable bonds is 7. The first kappa shape index (κ1) is 15.0. The van der Waals surface area contributed by atoms with Crippen LogP contribution in [0, 0.1) is 5.92 Å². The predicted octanol–water partition coefficient (Wildman–Crippen LogP) is -4.01. The van der Waals surface area contributed by atoms with Gasteiger partial charge in [-0.3, -0.25) is 0 Å². The van der Waals surface area contributed by atoms with Crippen molar-refractivity contribution >= 4 is 50.9 Å². The third-order valence-electron chi connectivity index (χ3n) is 3.36. The molecule has 1 fully saturated rings. The molecule has 0 bridgehead atoms. The van der Waals surface area contributed by atoms with Gasteiger partial charge in [-0.15, -0.1) is 0 Å². The topological polar surface area (TPSA) is 18.5 Å². The molecular weight excluding hydrogens is 279 g/mol. The molecule has 8 heteroatoms. The van der Waals surface area contributed by atoms with Crippen LogP contribution < -0.4 is 4.98 Å². The van der Waals surface area contributed by atoms with Crippen molar-refractivity contribution in [2.24, 2.45) is 5.92 Å². The molecule has 0 aliphatic heterocycles. The highest BCUT2D eigenvalue weighted by molar-refractivity contribution is 6.64. The van der Waals surface area contributed by atoms with E-state index in [4.69, 9.17) is 0 Å². The second kappa shape index (κ2) is 8.97. The maximum Gasteiger partial charge on any atom is 0.156 e. The predicted molar refractivity (Wildman–Crippen MR) is 89.8 cm³/mol. The van der Waals surface area contributed by atoms with E-state index in [9.17, 15) is 0 Å². The fourth-order valence-electron chi connectivity index (χ4n) is 2.58. The fourth-order valence-corrected chi connectivity index (χ4v) is 17.4. The smallest absolute Gasteiger partial charge is 0.156 e. The Bertz CT molecular complexity index is 177. The van der Waals surface area contributed by atoms with Crippen molar-refractivity contribution in [2.75, 3.05) is 6.54 Å². The molecule has 1 N–H and O–H groups in total. The largest absolute Gasteiger partial charge is 0.377 e. The summed E-state index contributed by atoms with van der Waals surface area (Å²) in [6.45, 7) is 1.31. The zero-order chi connectivity index (χ0) is 11.8. The molecule has 1 saturated carbocycles. The number of hydrogen-bond acceptors (Lipinski definition) is 3. The minimum absolute atomic E-state index is 0.0441. The lowest BCUT2D eigenvalue weighted by Gasteiger charge is -2.24. The highest BCUT2D eigenvalue weighted by Gasteiger charge is 2.12. The number of nitrogens with one attached hydrogen (secondary N) is 1. The Balaban J connectivity index is 1.94. The molecule has 0 radical (unpaired) electrons. The van der Waals surface area contributed by atoms with E-state index in [1.54, 1.807) is 0 Å². The van der Waals surface area contributed by atoms with E-state index >= 15 is 0 Å². The molecule has 0 aromatic carbocycles. The zero-order valence-electron chi connectivity index (χ0n) is 11.3. The van der Waals surface area contributed by atoms with Gasteiger partial charge in [-0.1, -0.05) is 32.1 Å². The van der Waals surface area contributed by atoms with Gasteiger partial charge in [0.25, 0.3) is 0 Å². The second-order valence-corrected chi connectivity index (χ2v) is 22.1. The van der Waals surface area contributed by atoms with Crippen molar-refractivity contribution < 1.29 is 0 Å². The molecule has 0 saturated heterocycles. The lowest BCUT2D eigenvalue weighted by atomic mass is 9.87. The van der Waals surface area contributed by atoms with Crippen LogP contribution in [0.5, 0.6) is 0 Å². The Hall–Kier alpha value is 0.964. The van der Waals surface area contributed by atoms with Gasteiger partial charge in [0.1, 0.15) is 9.84 Å². The Morgan fingerprint density at radius 1 is 1.12 bits per heavy atom. The van der Waals surface area contributed by atoms with Gasteiger partial charge in [0, 0.05) is 0 Å². The van der Waals surface area contributed by atoms with Crippen molar-refractivity contribution in [3.63, 3.8) is 0 Å². The molecular formula is C8H29N3Si5. The molecule has 0 aromatic heterocycles. The lowest BCUT2D eigenvalue weighted by Crippen LogP contribution is -2.45. The average Bonchev–Trinajstić information content (AvgIpc) is 2.25. The van der Waals surface area contributed by atoms with Gasteiger partial charge >= 0.3 is 0 Å². The van der Waals surface area contributed by atoms with Gasteiger partial charge in [-0.05, 0) is 18.9 Å². The summed E-state index contributed by atoms with van der Waals surface area (Å²) in [4.78, 5) is 3.78. The highest BCUT2D eigenvalue weighted by Crippen LogP contribution is 2.25. The Morgan fingerprint density at radius 3 is 2.44 bits per heavy atom. The maximum atomic E-state index is 3.78. The normalized spacial score (nSPS) is 20.6. The highest BCUT2D eigenvalue weighted by atomic mass is 28.4. The van der Waals surface area contributed by atoms with Crippen LogP contribution in [0.1, 0.15) is 38.5 Å². The van der Waals surface area contributed by atoms with Crippen molar-refractivity contribution in [3.05, 3.63) is 0 Å². The fraction of sp³-hybridized carbons (Fsp3) is 1.00. The summed E-state index contributed by atoms with van der Waals surface area (Å²) >= 11 is 0. The average molecular weight is 308 g/mol. The van der Waals surface area contributed by atoms with Crippen molar-refractivity contribution in [2.45, 2.75) is 38.5 Å². The molecule has 0 unspecified atom stereocenters. The first-order chi connectivity index (χ1) is 7.68. The van der Waals surface area contributed by atoms with Gasteiger partial charge < -0.3 is 12.8 Å². The summed E-state index contributed by atoms with van der Waals surface area (Å²) in [7, 11) is 3.97. The Morgan fingerprint density at radius 2 is 1.81 bits per heavy atom. The van der Waals surface area contributed by atoms with Gasteiger partial charge in [0.05, 0.1) is 31.2 Å². The van der Waals surface area contributed by atoms with Crippen LogP contribution in [0.25, 0.3) is 0 Å². The van der Waals surface area contributed by atoms with Gasteiger partial charge in [-0.2, -0.15) is 0 Å². The van der Waals surface area contributed by atoms with Crippen LogP contribution in [0.2, 0.25) is 0 Å². The summed E-state index contributed by atoms with van der Waals surface area (Å²) in [5, 5.41) is 0. The van der Waals surface area contributed by atoms with Gasteiger partial charge in [-0.25, -0.2) is 0 Å². The molecule has 16 heavy (non-hydrogen) atoms. The molecule has 0 amide bonds. The molecule has 1 aliphatic rings. The van der Waals surface area contributed by atoms with Gasteiger partial charge in [0.2, 0.25) is 0 Å². The van der Waals surface area contributed by atoms with E-state index in [0.29, 0.717) is 0 Å². The second-order valence-electron chi connectivity index (χ2n) is 5.53. The number of hydrogen-bond donors (Lipinski definition) is 1. The van der Waals surface area contributed by atoms with E-state index in [0.717, 1.165) is 5.92 Å². The summed E-state index contributed by atoms with van der Waals surface area (Å²) in [5.74, 6) is 1.06. The third kappa shape index (κ3) is 7.32. The molecule has 0 aromatic rings. The molecule has 0 atom stereocenters. The molecule has 3 nitrogen and oxygen atoms in total. The summed E-state index contributed by atoms with van der Waals surface area (Å²) < 4.78 is 5.48. The van der Waals surface area contributed by atoms with Crippen molar-refractivity contribution in [1.82, 2.24) is 12.8 Å². The van der Waals surface area contributed by atoms with Gasteiger partial charge in [0.15, 0.2) is 9.84 Å². The molecule has 0 heterocycles. The Kier molecular flexibility index (Phi) is 8.42. The minimum atomic E-state index is -0.0441. The maximum absolute atomic E-state index is 3.78. The first-order valence-corrected chi connectivity index (χ1v) is 12.0. The lowest BCUT2D eigenvalue weighted by molar-refractivity contribution is 0.340. The summed E-state index contributed by atoms with van der Waals surface area (Å²) in [6, 6.07) is 0. The number of nitrogens with zero attached hydrogens (tertiary/aromatic N) is 2. The van der Waals surface area contributed by atoms with E-state index < -0.39 is 0 Å². The molecule has 96 valence electrons. The summed E-state index contributed by atoms with van der Waals surface area (Å²) in [6.07, 6.45) is 8.97. The SMILES string of the molecule is [SiH3]N([SiH3])[SiH2]N([SiH3])[SiH2]NCCC1CCCCC1. The molecule has 1 rings (SSSR count). The molecule has 1 aliphatic carbocycles. The van der Waals surface area contributed by atoms with Crippen molar-refractivity contribution in [3.8, 4) is 0 Å². The van der Waals surface area contributed by atoms with Crippen molar-refractivity contribution in [1.29, 1.82) is 0 Å². The quantitative estimate of drug-likeness (QED) is 0.382. The first-order valence-electron chi connectivity index (χ1n) is 6.72. The van der Waals surface area contributed by atoms with E-state index in [-0.39, 0.29) is 19.7 Å². The van der Waals surface area contributed by atoms with Crippen LogP contribution in [0.15, 0.2) is 0 Å². The zero-order valence-corrected chi connectivity index (χ0v) is 20.2. The third-order valence-corrected chi connectivity index (χ3v) is 10.3. The summed E-state index contributed by atoms with van der Waals surface area (Å²) in [5.41, 5.74) is 0. The minimum Gasteiger partial charge on any atom is -0.377 e. The van der Waals surface area contributed by atoms with Crippen LogP contribution in [0.4, 0.5) is 0 Å².